The lowest BCUT2D eigenvalue weighted by Gasteiger charge is -2.11. The molecule has 0 aromatic heterocycles. The highest BCUT2D eigenvalue weighted by molar-refractivity contribution is 7.99. The van der Waals surface area contributed by atoms with E-state index in [-0.39, 0.29) is 6.61 Å². The summed E-state index contributed by atoms with van der Waals surface area (Å²) in [6.07, 6.45) is 0.862. The predicted molar refractivity (Wildman–Crippen MR) is 79.5 cm³/mol. The molecule has 1 aromatic rings. The van der Waals surface area contributed by atoms with Crippen molar-refractivity contribution in [2.75, 3.05) is 42.3 Å². The average Bonchev–Trinajstić information content (AvgIpc) is 2.37. The Morgan fingerprint density at radius 1 is 1.39 bits per heavy atom. The number of ether oxygens (including phenoxy) is 1. The minimum atomic E-state index is 0.274. The summed E-state index contributed by atoms with van der Waals surface area (Å²) in [4.78, 5) is 0. The molecule has 0 unspecified atom stereocenters. The molecule has 0 aliphatic carbocycles. The quantitative estimate of drug-likeness (QED) is 0.474. The molecule has 0 bridgehead atoms. The second-order valence-corrected chi connectivity index (χ2v) is 5.03. The van der Waals surface area contributed by atoms with Crippen LogP contribution >= 0.6 is 11.8 Å². The van der Waals surface area contributed by atoms with Gasteiger partial charge < -0.3 is 20.9 Å². The Morgan fingerprint density at radius 3 is 2.94 bits per heavy atom. The van der Waals surface area contributed by atoms with E-state index in [0.717, 1.165) is 35.9 Å². The Morgan fingerprint density at radius 2 is 2.22 bits per heavy atom. The highest BCUT2D eigenvalue weighted by atomic mass is 32.2. The highest BCUT2D eigenvalue weighted by Gasteiger charge is 2.01. The Hall–Kier alpha value is -1.07. The first-order valence-corrected chi connectivity index (χ1v) is 7.38. The van der Waals surface area contributed by atoms with Gasteiger partial charge in [0.05, 0.1) is 12.3 Å². The summed E-state index contributed by atoms with van der Waals surface area (Å²) in [6, 6.07) is 5.74. The smallest absolute Gasteiger partial charge is 0.144 e. The number of thioether (sulfide) groups is 1. The molecule has 0 aliphatic rings. The number of nitrogens with one attached hydrogen (secondary N) is 1. The Kier molecular flexibility index (Phi) is 7.44. The largest absolute Gasteiger partial charge is 0.492 e. The maximum Gasteiger partial charge on any atom is 0.144 e. The third kappa shape index (κ3) is 5.51. The van der Waals surface area contributed by atoms with Crippen LogP contribution in [-0.2, 0) is 0 Å². The normalized spacial score (nSPS) is 10.3. The van der Waals surface area contributed by atoms with E-state index < -0.39 is 0 Å². The molecule has 0 atom stereocenters. The van der Waals surface area contributed by atoms with Crippen LogP contribution in [0, 0.1) is 0 Å². The molecule has 0 radical (unpaired) electrons. The van der Waals surface area contributed by atoms with Gasteiger partial charge in [0.25, 0.3) is 0 Å². The topological polar surface area (TPSA) is 67.5 Å². The molecular weight excluding hydrogens is 248 g/mol. The molecule has 5 heteroatoms. The molecule has 0 saturated heterocycles. The van der Waals surface area contributed by atoms with Crippen molar-refractivity contribution in [1.29, 1.82) is 0 Å². The molecule has 0 spiro atoms. The van der Waals surface area contributed by atoms with Crippen LogP contribution in [0.2, 0.25) is 0 Å². The molecular formula is C13H22N2O2S. The van der Waals surface area contributed by atoms with Crippen LogP contribution in [0.5, 0.6) is 5.75 Å². The third-order valence-electron chi connectivity index (χ3n) is 2.34. The minimum absolute atomic E-state index is 0.274. The van der Waals surface area contributed by atoms with Gasteiger partial charge in [-0.25, -0.2) is 0 Å². The Balaban J connectivity index is 2.31. The van der Waals surface area contributed by atoms with E-state index >= 15 is 0 Å². The van der Waals surface area contributed by atoms with Crippen molar-refractivity contribution in [3.8, 4) is 5.75 Å². The number of hydrogen-bond acceptors (Lipinski definition) is 5. The van der Waals surface area contributed by atoms with Gasteiger partial charge in [0, 0.05) is 30.7 Å². The molecule has 18 heavy (non-hydrogen) atoms. The number of hydrogen-bond donors (Lipinski definition) is 3. The number of rotatable bonds is 9. The molecule has 0 amide bonds. The number of aliphatic hydroxyl groups excluding tert-OH is 1. The zero-order chi connectivity index (χ0) is 13.2. The van der Waals surface area contributed by atoms with Gasteiger partial charge in [-0.05, 0) is 31.2 Å². The first-order valence-electron chi connectivity index (χ1n) is 6.22. The second-order valence-electron chi connectivity index (χ2n) is 3.80. The highest BCUT2D eigenvalue weighted by Crippen LogP contribution is 2.25. The average molecular weight is 270 g/mol. The summed E-state index contributed by atoms with van der Waals surface area (Å²) < 4.78 is 5.44. The summed E-state index contributed by atoms with van der Waals surface area (Å²) in [5.74, 6) is 2.76. The zero-order valence-corrected chi connectivity index (χ0v) is 11.6. The lowest BCUT2D eigenvalue weighted by molar-refractivity contribution is 0.296. The Labute approximate surface area is 113 Å². The van der Waals surface area contributed by atoms with Gasteiger partial charge in [-0.15, -0.1) is 0 Å². The maximum atomic E-state index is 8.65. The lowest BCUT2D eigenvalue weighted by atomic mass is 10.2. The number of anilines is 2. The first kappa shape index (κ1) is 15.0. The number of nitrogens with two attached hydrogens (primary N) is 1. The minimum Gasteiger partial charge on any atom is -0.492 e. The van der Waals surface area contributed by atoms with Crippen molar-refractivity contribution in [3.63, 3.8) is 0 Å². The fourth-order valence-electron chi connectivity index (χ4n) is 1.46. The third-order valence-corrected chi connectivity index (χ3v) is 3.41. The fraction of sp³-hybridized carbons (Fsp3) is 0.538. The van der Waals surface area contributed by atoms with Crippen LogP contribution in [0.1, 0.15) is 13.3 Å². The number of benzene rings is 1. The molecule has 0 saturated carbocycles. The van der Waals surface area contributed by atoms with Crippen LogP contribution in [-0.4, -0.2) is 36.4 Å². The van der Waals surface area contributed by atoms with Crippen molar-refractivity contribution in [2.24, 2.45) is 0 Å². The van der Waals surface area contributed by atoms with Gasteiger partial charge in [-0.1, -0.05) is 0 Å². The fourth-order valence-corrected chi connectivity index (χ4v) is 2.24. The van der Waals surface area contributed by atoms with E-state index in [1.807, 2.05) is 36.9 Å². The van der Waals surface area contributed by atoms with Crippen molar-refractivity contribution in [3.05, 3.63) is 18.2 Å². The van der Waals surface area contributed by atoms with Gasteiger partial charge >= 0.3 is 0 Å². The standard InChI is InChI=1S/C13H22N2O2S/c1-2-17-13-10-11(4-5-12(13)14)15-6-9-18-8-3-7-16/h4-5,10,15-16H,2-3,6-9,14H2,1H3. The van der Waals surface area contributed by atoms with Gasteiger partial charge in [0.2, 0.25) is 0 Å². The summed E-state index contributed by atoms with van der Waals surface area (Å²) in [5.41, 5.74) is 7.49. The predicted octanol–water partition coefficient (Wildman–Crippen LogP) is 2.19. The molecule has 4 N–H and O–H groups in total. The number of aliphatic hydroxyl groups is 1. The van der Waals surface area contributed by atoms with Crippen molar-refractivity contribution >= 4 is 23.1 Å². The SMILES string of the molecule is CCOc1cc(NCCSCCCO)ccc1N. The first-order chi connectivity index (χ1) is 8.77. The maximum absolute atomic E-state index is 8.65. The monoisotopic (exact) mass is 270 g/mol. The van der Waals surface area contributed by atoms with Crippen LogP contribution in [0.4, 0.5) is 11.4 Å². The van der Waals surface area contributed by atoms with Crippen LogP contribution in [0.15, 0.2) is 18.2 Å². The molecule has 1 aromatic carbocycles. The van der Waals surface area contributed by atoms with E-state index in [2.05, 4.69) is 5.32 Å². The number of nitrogen functional groups attached to an aromatic ring is 1. The van der Waals surface area contributed by atoms with Crippen molar-refractivity contribution in [1.82, 2.24) is 0 Å². The zero-order valence-electron chi connectivity index (χ0n) is 10.8. The molecule has 0 aliphatic heterocycles. The van der Waals surface area contributed by atoms with Gasteiger partial charge in [0.1, 0.15) is 5.75 Å². The Bertz CT molecular complexity index is 348. The second kappa shape index (κ2) is 8.94. The molecule has 0 heterocycles. The van der Waals surface area contributed by atoms with E-state index in [9.17, 15) is 0 Å². The van der Waals surface area contributed by atoms with E-state index in [1.54, 1.807) is 0 Å². The molecule has 4 nitrogen and oxygen atoms in total. The summed E-state index contributed by atoms with van der Waals surface area (Å²) in [5, 5.41) is 12.0. The van der Waals surface area contributed by atoms with Gasteiger partial charge in [-0.3, -0.25) is 0 Å². The van der Waals surface area contributed by atoms with Crippen LogP contribution in [0.3, 0.4) is 0 Å². The summed E-state index contributed by atoms with van der Waals surface area (Å²) >= 11 is 1.84. The lowest BCUT2D eigenvalue weighted by Crippen LogP contribution is -2.05. The molecule has 102 valence electrons. The van der Waals surface area contributed by atoms with Crippen molar-refractivity contribution in [2.45, 2.75) is 13.3 Å². The summed E-state index contributed by atoms with van der Waals surface area (Å²) in [7, 11) is 0. The van der Waals surface area contributed by atoms with E-state index in [4.69, 9.17) is 15.6 Å². The van der Waals surface area contributed by atoms with E-state index in [0.29, 0.717) is 12.3 Å². The molecule has 0 fully saturated rings. The van der Waals surface area contributed by atoms with Crippen LogP contribution in [0.25, 0.3) is 0 Å². The molecule has 1 rings (SSSR count). The van der Waals surface area contributed by atoms with Crippen LogP contribution < -0.4 is 15.8 Å². The van der Waals surface area contributed by atoms with Gasteiger partial charge in [-0.2, -0.15) is 11.8 Å². The summed E-state index contributed by atoms with van der Waals surface area (Å²) in [6.45, 7) is 3.73. The van der Waals surface area contributed by atoms with E-state index in [1.165, 1.54) is 0 Å². The van der Waals surface area contributed by atoms with Gasteiger partial charge in [0.15, 0.2) is 0 Å². The van der Waals surface area contributed by atoms with Crippen molar-refractivity contribution < 1.29 is 9.84 Å².